The monoisotopic (exact) mass is 314 g/mol. The number of aryl methyl sites for hydroxylation is 1. The van der Waals surface area contributed by atoms with E-state index in [1.807, 2.05) is 13.0 Å². The molecule has 0 aliphatic heterocycles. The summed E-state index contributed by atoms with van der Waals surface area (Å²) in [5, 5.41) is 3.27. The van der Waals surface area contributed by atoms with Crippen LogP contribution in [0.15, 0.2) is 34.9 Å². The Morgan fingerprint density at radius 1 is 1.35 bits per heavy atom. The molecule has 2 rings (SSSR count). The maximum atomic E-state index is 13.6. The van der Waals surface area contributed by atoms with Crippen molar-refractivity contribution in [2.24, 2.45) is 0 Å². The molecule has 0 fully saturated rings. The highest BCUT2D eigenvalue weighted by molar-refractivity contribution is 9.10. The highest BCUT2D eigenvalue weighted by atomic mass is 79.9. The van der Waals surface area contributed by atoms with Crippen LogP contribution >= 0.6 is 27.5 Å². The number of halogens is 3. The predicted molar refractivity (Wildman–Crippen MR) is 71.4 cm³/mol. The molecule has 1 N–H and O–H groups in total. The summed E-state index contributed by atoms with van der Waals surface area (Å²) in [6.07, 6.45) is 1.71. The summed E-state index contributed by atoms with van der Waals surface area (Å²) in [6, 6.07) is 6.36. The molecule has 5 heteroatoms. The fourth-order valence-electron chi connectivity index (χ4n) is 1.34. The van der Waals surface area contributed by atoms with E-state index in [1.165, 1.54) is 6.07 Å². The molecule has 2 aromatic rings. The van der Waals surface area contributed by atoms with Gasteiger partial charge in [-0.25, -0.2) is 9.37 Å². The average molecular weight is 316 g/mol. The van der Waals surface area contributed by atoms with E-state index in [0.717, 1.165) is 10.0 Å². The first-order chi connectivity index (χ1) is 8.06. The number of rotatable bonds is 2. The van der Waals surface area contributed by atoms with Crippen LogP contribution in [0.4, 0.5) is 15.9 Å². The number of benzene rings is 1. The quantitative estimate of drug-likeness (QED) is 0.869. The molecule has 1 heterocycles. The molecule has 0 radical (unpaired) electrons. The van der Waals surface area contributed by atoms with Gasteiger partial charge in [0.1, 0.15) is 11.6 Å². The highest BCUT2D eigenvalue weighted by Gasteiger charge is 2.06. The summed E-state index contributed by atoms with van der Waals surface area (Å²) >= 11 is 9.05. The second kappa shape index (κ2) is 5.02. The van der Waals surface area contributed by atoms with Gasteiger partial charge in [0.25, 0.3) is 0 Å². The first kappa shape index (κ1) is 12.3. The molecule has 17 heavy (non-hydrogen) atoms. The highest BCUT2D eigenvalue weighted by Crippen LogP contribution is 2.26. The van der Waals surface area contributed by atoms with Crippen molar-refractivity contribution in [1.82, 2.24) is 4.98 Å². The van der Waals surface area contributed by atoms with Gasteiger partial charge in [0.2, 0.25) is 0 Å². The number of hydrogen-bond donors (Lipinski definition) is 1. The molecule has 0 atom stereocenters. The average Bonchev–Trinajstić information content (AvgIpc) is 2.25. The molecule has 88 valence electrons. The van der Waals surface area contributed by atoms with Gasteiger partial charge in [0, 0.05) is 11.2 Å². The van der Waals surface area contributed by atoms with E-state index < -0.39 is 5.82 Å². The smallest absolute Gasteiger partial charge is 0.148 e. The number of nitrogens with one attached hydrogen (secondary N) is 1. The summed E-state index contributed by atoms with van der Waals surface area (Å²) in [5.74, 6) is 0.156. The van der Waals surface area contributed by atoms with Crippen molar-refractivity contribution >= 4 is 39.0 Å². The third kappa shape index (κ3) is 2.96. The summed E-state index contributed by atoms with van der Waals surface area (Å²) < 4.78 is 14.3. The van der Waals surface area contributed by atoms with Crippen molar-refractivity contribution in [1.29, 1.82) is 0 Å². The molecule has 1 aromatic carbocycles. The van der Waals surface area contributed by atoms with Crippen LogP contribution < -0.4 is 5.32 Å². The Morgan fingerprint density at radius 3 is 2.76 bits per heavy atom. The molecule has 0 amide bonds. The standard InChI is InChI=1S/C12H9BrClFN2/c1-7-4-9(13)12(16-6-7)17-11-3-2-8(14)5-10(11)15/h2-6H,1H3,(H,16,17). The fraction of sp³-hybridized carbons (Fsp3) is 0.0833. The lowest BCUT2D eigenvalue weighted by Crippen LogP contribution is -1.97. The molecule has 0 aliphatic rings. The third-order valence-corrected chi connectivity index (χ3v) is 3.00. The molecule has 0 saturated carbocycles. The Labute approximate surface area is 112 Å². The first-order valence-corrected chi connectivity index (χ1v) is 6.07. The Kier molecular flexibility index (Phi) is 3.64. The van der Waals surface area contributed by atoms with Gasteiger partial charge in [-0.3, -0.25) is 0 Å². The van der Waals surface area contributed by atoms with Gasteiger partial charge in [0.05, 0.1) is 10.2 Å². The minimum atomic E-state index is -0.410. The maximum Gasteiger partial charge on any atom is 0.148 e. The van der Waals surface area contributed by atoms with Crippen LogP contribution in [-0.4, -0.2) is 4.98 Å². The van der Waals surface area contributed by atoms with Crippen LogP contribution in [-0.2, 0) is 0 Å². The van der Waals surface area contributed by atoms with Crippen molar-refractivity contribution in [3.63, 3.8) is 0 Å². The van der Waals surface area contributed by atoms with Gasteiger partial charge >= 0.3 is 0 Å². The Morgan fingerprint density at radius 2 is 2.12 bits per heavy atom. The zero-order valence-electron chi connectivity index (χ0n) is 8.97. The van der Waals surface area contributed by atoms with Gasteiger partial charge in [-0.15, -0.1) is 0 Å². The van der Waals surface area contributed by atoms with Crippen LogP contribution in [0.3, 0.4) is 0 Å². The second-order valence-corrected chi connectivity index (χ2v) is 4.88. The summed E-state index contributed by atoms with van der Waals surface area (Å²) in [5.41, 5.74) is 1.37. The molecule has 0 unspecified atom stereocenters. The second-order valence-electron chi connectivity index (χ2n) is 3.59. The first-order valence-electron chi connectivity index (χ1n) is 4.90. The van der Waals surface area contributed by atoms with Crippen LogP contribution in [0.1, 0.15) is 5.56 Å². The third-order valence-electron chi connectivity index (χ3n) is 2.16. The van der Waals surface area contributed by atoms with Gasteiger partial charge in [0.15, 0.2) is 0 Å². The summed E-state index contributed by atoms with van der Waals surface area (Å²) in [7, 11) is 0. The van der Waals surface area contributed by atoms with Gasteiger partial charge < -0.3 is 5.32 Å². The molecule has 0 spiro atoms. The molecule has 0 bridgehead atoms. The van der Waals surface area contributed by atoms with Crippen molar-refractivity contribution in [3.8, 4) is 0 Å². The van der Waals surface area contributed by atoms with Crippen LogP contribution in [0.25, 0.3) is 0 Å². The Balaban J connectivity index is 2.31. The van der Waals surface area contributed by atoms with Crippen LogP contribution in [0, 0.1) is 12.7 Å². The molecule has 0 aliphatic carbocycles. The molecule has 1 aromatic heterocycles. The molecular formula is C12H9BrClFN2. The number of nitrogens with zero attached hydrogens (tertiary/aromatic N) is 1. The van der Waals surface area contributed by atoms with E-state index >= 15 is 0 Å². The van der Waals surface area contributed by atoms with Gasteiger partial charge in [-0.1, -0.05) is 11.6 Å². The van der Waals surface area contributed by atoms with Gasteiger partial charge in [-0.05, 0) is 52.7 Å². The van der Waals surface area contributed by atoms with Crippen molar-refractivity contribution in [2.45, 2.75) is 6.92 Å². The SMILES string of the molecule is Cc1cnc(Nc2ccc(Cl)cc2F)c(Br)c1. The summed E-state index contributed by atoms with van der Waals surface area (Å²) in [6.45, 7) is 1.93. The van der Waals surface area contributed by atoms with Crippen LogP contribution in [0.5, 0.6) is 0 Å². The van der Waals surface area contributed by atoms with Crippen molar-refractivity contribution in [2.75, 3.05) is 5.32 Å². The lowest BCUT2D eigenvalue weighted by molar-refractivity contribution is 0.632. The lowest BCUT2D eigenvalue weighted by Gasteiger charge is -2.09. The van der Waals surface area contributed by atoms with E-state index in [-0.39, 0.29) is 0 Å². The largest absolute Gasteiger partial charge is 0.337 e. The number of pyridine rings is 1. The zero-order valence-corrected chi connectivity index (χ0v) is 11.3. The lowest BCUT2D eigenvalue weighted by atomic mass is 10.3. The van der Waals surface area contributed by atoms with Gasteiger partial charge in [-0.2, -0.15) is 0 Å². The Hall–Kier alpha value is -1.13. The number of anilines is 2. The predicted octanol–water partition coefficient (Wildman–Crippen LogP) is 4.69. The van der Waals surface area contributed by atoms with Crippen molar-refractivity contribution < 1.29 is 4.39 Å². The summed E-state index contributed by atoms with van der Waals surface area (Å²) in [4.78, 5) is 4.18. The van der Waals surface area contributed by atoms with E-state index in [1.54, 1.807) is 18.3 Å². The molecular weight excluding hydrogens is 307 g/mol. The van der Waals surface area contributed by atoms with Crippen molar-refractivity contribution in [3.05, 3.63) is 51.3 Å². The molecule has 0 saturated heterocycles. The number of aromatic nitrogens is 1. The maximum absolute atomic E-state index is 13.6. The topological polar surface area (TPSA) is 24.9 Å². The normalized spacial score (nSPS) is 10.4. The number of hydrogen-bond acceptors (Lipinski definition) is 2. The van der Waals surface area contributed by atoms with E-state index in [0.29, 0.717) is 16.5 Å². The van der Waals surface area contributed by atoms with E-state index in [9.17, 15) is 4.39 Å². The van der Waals surface area contributed by atoms with E-state index in [2.05, 4.69) is 26.2 Å². The molecule has 2 nitrogen and oxygen atoms in total. The zero-order chi connectivity index (χ0) is 12.4. The Bertz CT molecular complexity index is 511. The van der Waals surface area contributed by atoms with Crippen LogP contribution in [0.2, 0.25) is 5.02 Å². The minimum absolute atomic E-state index is 0.339. The van der Waals surface area contributed by atoms with E-state index in [4.69, 9.17) is 11.6 Å². The minimum Gasteiger partial charge on any atom is -0.337 e. The fourth-order valence-corrected chi connectivity index (χ4v) is 2.07.